The third-order valence-electron chi connectivity index (χ3n) is 2.54. The minimum Gasteiger partial charge on any atom is -0.330 e. The third kappa shape index (κ3) is 1.82. The van der Waals surface area contributed by atoms with Gasteiger partial charge in [0.1, 0.15) is 5.82 Å². The van der Waals surface area contributed by atoms with Crippen molar-refractivity contribution in [1.29, 1.82) is 0 Å². The quantitative estimate of drug-likeness (QED) is 0.861. The van der Waals surface area contributed by atoms with Crippen LogP contribution < -0.4 is 5.73 Å². The van der Waals surface area contributed by atoms with Crippen LogP contribution in [0.1, 0.15) is 11.4 Å². The molecule has 4 heteroatoms. The van der Waals surface area contributed by atoms with E-state index in [0.29, 0.717) is 6.54 Å². The van der Waals surface area contributed by atoms with Gasteiger partial charge in [-0.05, 0) is 24.9 Å². The fourth-order valence-electron chi connectivity index (χ4n) is 1.78. The van der Waals surface area contributed by atoms with Crippen LogP contribution in [0.2, 0.25) is 0 Å². The molecule has 0 amide bonds. The lowest BCUT2D eigenvalue weighted by atomic mass is 10.2. The second-order valence-corrected chi connectivity index (χ2v) is 4.49. The first-order chi connectivity index (χ1) is 7.24. The number of nitrogens with two attached hydrogens (primary N) is 1. The van der Waals surface area contributed by atoms with Crippen molar-refractivity contribution < 1.29 is 0 Å². The Kier molecular flexibility index (Phi) is 2.88. The Hall–Kier alpha value is -1.13. The Labute approximate surface area is 93.6 Å². The summed E-state index contributed by atoms with van der Waals surface area (Å²) < 4.78 is 2.15. The summed E-state index contributed by atoms with van der Waals surface area (Å²) in [7, 11) is 2.06. The van der Waals surface area contributed by atoms with Crippen LogP contribution in [0.15, 0.2) is 17.5 Å². The van der Waals surface area contributed by atoms with Crippen LogP contribution in [0.5, 0.6) is 0 Å². The van der Waals surface area contributed by atoms with Gasteiger partial charge in [-0.15, -0.1) is 11.3 Å². The molecule has 0 saturated heterocycles. The SMILES string of the molecule is Cc1nc(-c2cccs2)n(C)c1CCN. The molecular formula is C11H15N3S. The van der Waals surface area contributed by atoms with E-state index >= 15 is 0 Å². The minimum absolute atomic E-state index is 0.671. The van der Waals surface area contributed by atoms with E-state index in [2.05, 4.69) is 28.0 Å². The van der Waals surface area contributed by atoms with E-state index in [1.54, 1.807) is 11.3 Å². The average Bonchev–Trinajstić information content (AvgIpc) is 2.81. The molecule has 2 heterocycles. The van der Waals surface area contributed by atoms with Crippen molar-refractivity contribution in [2.24, 2.45) is 12.8 Å². The number of imidazole rings is 1. The molecule has 0 saturated carbocycles. The highest BCUT2D eigenvalue weighted by Gasteiger charge is 2.12. The molecule has 0 aliphatic carbocycles. The first-order valence-corrected chi connectivity index (χ1v) is 5.88. The molecule has 0 radical (unpaired) electrons. The van der Waals surface area contributed by atoms with Crippen LogP contribution >= 0.6 is 11.3 Å². The van der Waals surface area contributed by atoms with Crippen molar-refractivity contribution in [1.82, 2.24) is 9.55 Å². The van der Waals surface area contributed by atoms with Gasteiger partial charge in [-0.3, -0.25) is 0 Å². The van der Waals surface area contributed by atoms with E-state index in [0.717, 1.165) is 17.9 Å². The Bertz CT molecular complexity index is 443. The largest absolute Gasteiger partial charge is 0.330 e. The van der Waals surface area contributed by atoms with E-state index < -0.39 is 0 Å². The fourth-order valence-corrected chi connectivity index (χ4v) is 2.53. The molecule has 0 aliphatic rings. The maximum Gasteiger partial charge on any atom is 0.150 e. The number of hydrogen-bond acceptors (Lipinski definition) is 3. The predicted molar refractivity (Wildman–Crippen MR) is 64.0 cm³/mol. The van der Waals surface area contributed by atoms with Gasteiger partial charge in [-0.2, -0.15) is 0 Å². The lowest BCUT2D eigenvalue weighted by molar-refractivity contribution is 0.806. The van der Waals surface area contributed by atoms with Crippen molar-refractivity contribution >= 4 is 11.3 Å². The molecule has 2 rings (SSSR count). The van der Waals surface area contributed by atoms with Gasteiger partial charge >= 0.3 is 0 Å². The highest BCUT2D eigenvalue weighted by molar-refractivity contribution is 7.13. The van der Waals surface area contributed by atoms with Gasteiger partial charge in [0.2, 0.25) is 0 Å². The molecule has 0 unspecified atom stereocenters. The maximum absolute atomic E-state index is 5.59. The van der Waals surface area contributed by atoms with E-state index in [4.69, 9.17) is 5.73 Å². The van der Waals surface area contributed by atoms with E-state index in [1.165, 1.54) is 10.6 Å². The van der Waals surface area contributed by atoms with Gasteiger partial charge in [0.15, 0.2) is 0 Å². The normalized spacial score (nSPS) is 10.9. The van der Waals surface area contributed by atoms with Crippen LogP contribution in [0.25, 0.3) is 10.7 Å². The van der Waals surface area contributed by atoms with E-state index in [1.807, 2.05) is 13.0 Å². The van der Waals surface area contributed by atoms with Crippen LogP contribution in [0, 0.1) is 6.92 Å². The first-order valence-electron chi connectivity index (χ1n) is 5.00. The highest BCUT2D eigenvalue weighted by Crippen LogP contribution is 2.25. The highest BCUT2D eigenvalue weighted by atomic mass is 32.1. The van der Waals surface area contributed by atoms with Crippen LogP contribution in [0.3, 0.4) is 0 Å². The summed E-state index contributed by atoms with van der Waals surface area (Å²) in [5.41, 5.74) is 7.91. The maximum atomic E-state index is 5.59. The Morgan fingerprint density at radius 3 is 2.93 bits per heavy atom. The molecule has 0 atom stereocenters. The van der Waals surface area contributed by atoms with Gasteiger partial charge in [0.05, 0.1) is 10.6 Å². The van der Waals surface area contributed by atoms with Gasteiger partial charge in [-0.1, -0.05) is 6.07 Å². The molecule has 15 heavy (non-hydrogen) atoms. The molecule has 0 spiro atoms. The van der Waals surface area contributed by atoms with Gasteiger partial charge < -0.3 is 10.3 Å². The van der Waals surface area contributed by atoms with Crippen molar-refractivity contribution in [2.45, 2.75) is 13.3 Å². The second-order valence-electron chi connectivity index (χ2n) is 3.54. The van der Waals surface area contributed by atoms with Gasteiger partial charge in [-0.25, -0.2) is 4.98 Å². The third-order valence-corrected chi connectivity index (χ3v) is 3.40. The van der Waals surface area contributed by atoms with Crippen molar-refractivity contribution in [3.8, 4) is 10.7 Å². The van der Waals surface area contributed by atoms with Crippen molar-refractivity contribution in [3.63, 3.8) is 0 Å². The molecule has 0 aliphatic heterocycles. The summed E-state index contributed by atoms with van der Waals surface area (Å²) in [6.45, 7) is 2.71. The average molecular weight is 221 g/mol. The van der Waals surface area contributed by atoms with Gasteiger partial charge in [0, 0.05) is 19.2 Å². The monoisotopic (exact) mass is 221 g/mol. The van der Waals surface area contributed by atoms with Crippen molar-refractivity contribution in [2.75, 3.05) is 6.54 Å². The lowest BCUT2D eigenvalue weighted by Gasteiger charge is -2.03. The molecule has 0 fully saturated rings. The summed E-state index contributed by atoms with van der Waals surface area (Å²) in [5, 5.41) is 2.07. The predicted octanol–water partition coefficient (Wildman–Crippen LogP) is 1.96. The summed E-state index contributed by atoms with van der Waals surface area (Å²) in [4.78, 5) is 5.80. The number of thiophene rings is 1. The smallest absolute Gasteiger partial charge is 0.150 e. The first kappa shape index (κ1) is 10.4. The summed E-state index contributed by atoms with van der Waals surface area (Å²) in [6, 6.07) is 4.14. The Morgan fingerprint density at radius 2 is 2.33 bits per heavy atom. The van der Waals surface area contributed by atoms with Gasteiger partial charge in [0.25, 0.3) is 0 Å². The Balaban J connectivity index is 2.46. The minimum atomic E-state index is 0.671. The zero-order chi connectivity index (χ0) is 10.8. The van der Waals surface area contributed by atoms with Crippen molar-refractivity contribution in [3.05, 3.63) is 28.9 Å². The van der Waals surface area contributed by atoms with Crippen LogP contribution in [0.4, 0.5) is 0 Å². The zero-order valence-electron chi connectivity index (χ0n) is 9.03. The summed E-state index contributed by atoms with van der Waals surface area (Å²) in [5.74, 6) is 1.05. The van der Waals surface area contributed by atoms with E-state index in [-0.39, 0.29) is 0 Å². The molecule has 3 nitrogen and oxygen atoms in total. The molecule has 0 aromatic carbocycles. The second kappa shape index (κ2) is 4.16. The zero-order valence-corrected chi connectivity index (χ0v) is 9.84. The number of rotatable bonds is 3. The molecule has 80 valence electrons. The fraction of sp³-hybridized carbons (Fsp3) is 0.364. The summed E-state index contributed by atoms with van der Waals surface area (Å²) >= 11 is 1.72. The topological polar surface area (TPSA) is 43.8 Å². The van der Waals surface area contributed by atoms with Crippen LogP contribution in [-0.4, -0.2) is 16.1 Å². The molecule has 2 aromatic heterocycles. The standard InChI is InChI=1S/C11H15N3S/c1-8-9(5-6-12)14(2)11(13-8)10-4-3-7-15-10/h3-4,7H,5-6,12H2,1-2H3. The number of aromatic nitrogens is 2. The number of nitrogens with zero attached hydrogens (tertiary/aromatic N) is 2. The Morgan fingerprint density at radius 1 is 1.53 bits per heavy atom. The number of hydrogen-bond donors (Lipinski definition) is 1. The molecular weight excluding hydrogens is 206 g/mol. The number of aryl methyl sites for hydroxylation is 1. The molecule has 2 aromatic rings. The van der Waals surface area contributed by atoms with E-state index in [9.17, 15) is 0 Å². The summed E-state index contributed by atoms with van der Waals surface area (Å²) in [6.07, 6.45) is 0.890. The molecule has 0 bridgehead atoms. The molecule has 2 N–H and O–H groups in total. The van der Waals surface area contributed by atoms with Crippen LogP contribution in [-0.2, 0) is 13.5 Å². The lowest BCUT2D eigenvalue weighted by Crippen LogP contribution is -2.08.